The van der Waals surface area contributed by atoms with Gasteiger partial charge in [-0.2, -0.15) is 13.2 Å². The number of alkyl halides is 3. The molecule has 0 radical (unpaired) electrons. The van der Waals surface area contributed by atoms with Crippen molar-refractivity contribution in [3.8, 4) is 0 Å². The Labute approximate surface area is 145 Å². The van der Waals surface area contributed by atoms with Crippen LogP contribution in [0.25, 0.3) is 5.76 Å². The Morgan fingerprint density at radius 3 is 2.42 bits per heavy atom. The molecule has 0 bridgehead atoms. The van der Waals surface area contributed by atoms with Gasteiger partial charge in [-0.1, -0.05) is 18.2 Å². The molecular weight excluding hydrogens is 356 g/mol. The quantitative estimate of drug-likeness (QED) is 0.795. The van der Waals surface area contributed by atoms with Gasteiger partial charge in [0.2, 0.25) is 0 Å². The van der Waals surface area contributed by atoms with E-state index in [4.69, 9.17) is 9.47 Å². The molecule has 0 fully saturated rings. The minimum Gasteiger partial charge on any atom is -0.441 e. The predicted octanol–water partition coefficient (Wildman–Crippen LogP) is 4.30. The Kier molecular flexibility index (Phi) is 4.70. The zero-order chi connectivity index (χ0) is 18.7. The number of anilines is 1. The van der Waals surface area contributed by atoms with Crippen molar-refractivity contribution in [3.05, 3.63) is 71.7 Å². The first-order valence-corrected chi connectivity index (χ1v) is 7.35. The van der Waals surface area contributed by atoms with E-state index in [2.05, 4.69) is 10.6 Å². The number of rotatable bonds is 3. The van der Waals surface area contributed by atoms with Crippen LogP contribution >= 0.6 is 0 Å². The highest BCUT2D eigenvalue weighted by Crippen LogP contribution is 2.36. The number of benzene rings is 2. The number of nitrogens with one attached hydrogen (secondary N) is 2. The van der Waals surface area contributed by atoms with E-state index in [0.717, 1.165) is 24.5 Å². The Morgan fingerprint density at radius 2 is 1.73 bits per heavy atom. The molecule has 0 spiro atoms. The molecule has 1 aliphatic rings. The van der Waals surface area contributed by atoms with Crippen molar-refractivity contribution in [2.45, 2.75) is 12.6 Å². The van der Waals surface area contributed by atoms with Crippen molar-refractivity contribution >= 4 is 17.5 Å². The lowest BCUT2D eigenvalue weighted by atomic mass is 10.1. The fourth-order valence-corrected chi connectivity index (χ4v) is 2.24. The summed E-state index contributed by atoms with van der Waals surface area (Å²) in [7, 11) is 0. The molecule has 3 rings (SSSR count). The predicted molar refractivity (Wildman–Crippen MR) is 83.9 cm³/mol. The Morgan fingerprint density at radius 1 is 1.04 bits per heavy atom. The largest absolute Gasteiger partial charge is 0.441 e. The van der Waals surface area contributed by atoms with E-state index in [-0.39, 0.29) is 11.3 Å². The second-order valence-electron chi connectivity index (χ2n) is 5.22. The fraction of sp³-hybridized carbons (Fsp3) is 0.118. The second kappa shape index (κ2) is 6.95. The number of carbonyl (C=O) groups excluding carboxylic acids is 1. The zero-order valence-corrected chi connectivity index (χ0v) is 13.0. The summed E-state index contributed by atoms with van der Waals surface area (Å²) in [6.45, 7) is 0. The standard InChI is InChI=1S/C17H12F4N2O3/c18-10-5-7-11(8-6-10)22-15(24)23-16-25-9-14(26-16)12-3-1-2-4-13(12)17(19,20)21/h1-9,16H,(H2,22,23,24). The van der Waals surface area contributed by atoms with Crippen LogP contribution in [0.15, 0.2) is 54.8 Å². The van der Waals surface area contributed by atoms with E-state index in [1.807, 2.05) is 0 Å². The monoisotopic (exact) mass is 368 g/mol. The molecule has 2 amide bonds. The first-order valence-electron chi connectivity index (χ1n) is 7.35. The fourth-order valence-electron chi connectivity index (χ4n) is 2.24. The minimum absolute atomic E-state index is 0.162. The summed E-state index contributed by atoms with van der Waals surface area (Å²) in [4.78, 5) is 11.8. The zero-order valence-electron chi connectivity index (χ0n) is 13.0. The molecule has 1 unspecified atom stereocenters. The number of halogens is 4. The topological polar surface area (TPSA) is 59.6 Å². The molecule has 2 aromatic carbocycles. The van der Waals surface area contributed by atoms with Crippen molar-refractivity contribution in [2.24, 2.45) is 0 Å². The van der Waals surface area contributed by atoms with E-state index in [9.17, 15) is 22.4 Å². The number of hydrogen-bond donors (Lipinski definition) is 2. The van der Waals surface area contributed by atoms with Crippen molar-refractivity contribution in [1.82, 2.24) is 5.32 Å². The first kappa shape index (κ1) is 17.6. The minimum atomic E-state index is -4.56. The van der Waals surface area contributed by atoms with Crippen LogP contribution in [0.2, 0.25) is 0 Å². The molecular formula is C17H12F4N2O3. The first-order chi connectivity index (χ1) is 12.3. The van der Waals surface area contributed by atoms with Crippen LogP contribution in [0.3, 0.4) is 0 Å². The van der Waals surface area contributed by atoms with Crippen molar-refractivity contribution < 1.29 is 31.8 Å². The van der Waals surface area contributed by atoms with Gasteiger partial charge in [0.25, 0.3) is 0 Å². The molecule has 1 heterocycles. The summed E-state index contributed by atoms with van der Waals surface area (Å²) in [6.07, 6.45) is -4.87. The third kappa shape index (κ3) is 4.05. The maximum absolute atomic E-state index is 13.0. The molecule has 2 aromatic rings. The van der Waals surface area contributed by atoms with Gasteiger partial charge in [-0.3, -0.25) is 5.32 Å². The number of carbonyl (C=O) groups is 1. The van der Waals surface area contributed by atoms with Gasteiger partial charge in [0.15, 0.2) is 5.76 Å². The van der Waals surface area contributed by atoms with Gasteiger partial charge >= 0.3 is 18.6 Å². The highest BCUT2D eigenvalue weighted by Gasteiger charge is 2.36. The van der Waals surface area contributed by atoms with Crippen LogP contribution in [0, 0.1) is 5.82 Å². The van der Waals surface area contributed by atoms with Crippen molar-refractivity contribution in [1.29, 1.82) is 0 Å². The van der Waals surface area contributed by atoms with E-state index in [0.29, 0.717) is 5.69 Å². The number of ether oxygens (including phenoxy) is 2. The summed E-state index contributed by atoms with van der Waals surface area (Å²) in [5, 5.41) is 4.68. The SMILES string of the molecule is O=C(Nc1ccc(F)cc1)NC1OC=C(c2ccccc2C(F)(F)F)O1. The van der Waals surface area contributed by atoms with Gasteiger partial charge in [0.1, 0.15) is 12.1 Å². The maximum Gasteiger partial charge on any atom is 0.417 e. The summed E-state index contributed by atoms with van der Waals surface area (Å²) in [6, 6.07) is 9.10. The summed E-state index contributed by atoms with van der Waals surface area (Å²) in [5.74, 6) is -0.624. The van der Waals surface area contributed by atoms with Crippen LogP contribution in [-0.4, -0.2) is 12.4 Å². The smallest absolute Gasteiger partial charge is 0.417 e. The molecule has 2 N–H and O–H groups in total. The van der Waals surface area contributed by atoms with Gasteiger partial charge in [-0.15, -0.1) is 0 Å². The summed E-state index contributed by atoms with van der Waals surface area (Å²) < 4.78 is 62.2. The van der Waals surface area contributed by atoms with Gasteiger partial charge in [-0.05, 0) is 30.3 Å². The lowest BCUT2D eigenvalue weighted by molar-refractivity contribution is -0.138. The van der Waals surface area contributed by atoms with Gasteiger partial charge in [0.05, 0.1) is 5.56 Å². The van der Waals surface area contributed by atoms with Gasteiger partial charge in [0, 0.05) is 11.3 Å². The van der Waals surface area contributed by atoms with Crippen LogP contribution in [0.4, 0.5) is 28.0 Å². The molecule has 1 aliphatic heterocycles. The van der Waals surface area contributed by atoms with Crippen molar-refractivity contribution in [3.63, 3.8) is 0 Å². The molecule has 9 heteroatoms. The number of urea groups is 1. The molecule has 26 heavy (non-hydrogen) atoms. The lowest BCUT2D eigenvalue weighted by Gasteiger charge is -2.16. The molecule has 5 nitrogen and oxygen atoms in total. The molecule has 0 saturated carbocycles. The number of hydrogen-bond acceptors (Lipinski definition) is 3. The van der Waals surface area contributed by atoms with Crippen LogP contribution in [0.5, 0.6) is 0 Å². The normalized spacial score (nSPS) is 16.3. The van der Waals surface area contributed by atoms with Gasteiger partial charge in [-0.25, -0.2) is 9.18 Å². The van der Waals surface area contributed by atoms with Crippen molar-refractivity contribution in [2.75, 3.05) is 5.32 Å². The molecule has 1 atom stereocenters. The van der Waals surface area contributed by atoms with Crippen LogP contribution in [0.1, 0.15) is 11.1 Å². The van der Waals surface area contributed by atoms with Gasteiger partial charge < -0.3 is 14.8 Å². The lowest BCUT2D eigenvalue weighted by Crippen LogP contribution is -2.38. The third-order valence-corrected chi connectivity index (χ3v) is 3.38. The average molecular weight is 368 g/mol. The maximum atomic E-state index is 13.0. The average Bonchev–Trinajstić information content (AvgIpc) is 3.04. The third-order valence-electron chi connectivity index (χ3n) is 3.38. The molecule has 0 aliphatic carbocycles. The summed E-state index contributed by atoms with van der Waals surface area (Å²) >= 11 is 0. The Hall–Kier alpha value is -3.23. The van der Waals surface area contributed by atoms with E-state index in [1.54, 1.807) is 0 Å². The highest BCUT2D eigenvalue weighted by molar-refractivity contribution is 5.89. The van der Waals surface area contributed by atoms with Crippen LogP contribution in [-0.2, 0) is 15.7 Å². The van der Waals surface area contributed by atoms with E-state index in [1.165, 1.54) is 30.3 Å². The molecule has 136 valence electrons. The second-order valence-corrected chi connectivity index (χ2v) is 5.22. The highest BCUT2D eigenvalue weighted by atomic mass is 19.4. The molecule has 0 aromatic heterocycles. The van der Waals surface area contributed by atoms with E-state index < -0.39 is 30.0 Å². The summed E-state index contributed by atoms with van der Waals surface area (Å²) in [5.41, 5.74) is -0.771. The Balaban J connectivity index is 1.62. The van der Waals surface area contributed by atoms with Crippen LogP contribution < -0.4 is 10.6 Å². The Bertz CT molecular complexity index is 835. The molecule has 0 saturated heterocycles. The number of amides is 2. The van der Waals surface area contributed by atoms with E-state index >= 15 is 0 Å².